The summed E-state index contributed by atoms with van der Waals surface area (Å²) >= 11 is 0. The second-order valence-electron chi connectivity index (χ2n) is 6.47. The monoisotopic (exact) mass is 356 g/mol. The quantitative estimate of drug-likeness (QED) is 0.602. The minimum Gasteiger partial charge on any atom is -0.346 e. The first-order valence-corrected chi connectivity index (χ1v) is 8.88. The Morgan fingerprint density at radius 3 is 2.52 bits per heavy atom. The van der Waals surface area contributed by atoms with Crippen molar-refractivity contribution in [1.29, 1.82) is 0 Å². The number of carbonyl (C=O) groups excluding carboxylic acids is 1. The highest BCUT2D eigenvalue weighted by molar-refractivity contribution is 5.94. The third-order valence-electron chi connectivity index (χ3n) is 4.70. The molecule has 5 nitrogen and oxygen atoms in total. The molecule has 0 aliphatic rings. The van der Waals surface area contributed by atoms with Crippen molar-refractivity contribution < 1.29 is 4.79 Å². The van der Waals surface area contributed by atoms with Crippen LogP contribution < -0.4 is 5.32 Å². The van der Waals surface area contributed by atoms with E-state index in [0.717, 1.165) is 33.5 Å². The minimum atomic E-state index is -0.188. The summed E-state index contributed by atoms with van der Waals surface area (Å²) in [5.41, 5.74) is 5.18. The van der Waals surface area contributed by atoms with Crippen LogP contribution >= 0.6 is 0 Å². The zero-order chi connectivity index (χ0) is 18.8. The Morgan fingerprint density at radius 1 is 0.963 bits per heavy atom. The number of rotatable bonds is 4. The van der Waals surface area contributed by atoms with Crippen LogP contribution in [0.1, 0.15) is 27.4 Å². The van der Waals surface area contributed by atoms with Crippen molar-refractivity contribution >= 4 is 16.8 Å². The van der Waals surface area contributed by atoms with E-state index in [1.54, 1.807) is 6.07 Å². The zero-order valence-corrected chi connectivity index (χ0v) is 15.3. The summed E-state index contributed by atoms with van der Waals surface area (Å²) in [5.74, 6) is -0.188. The molecule has 0 spiro atoms. The number of hydrogen-bond acceptors (Lipinski definition) is 3. The molecule has 4 aromatic rings. The summed E-state index contributed by atoms with van der Waals surface area (Å²) in [4.78, 5) is 17.0. The second-order valence-corrected chi connectivity index (χ2v) is 6.47. The Kier molecular flexibility index (Phi) is 4.42. The normalized spacial score (nSPS) is 10.9. The Labute approximate surface area is 157 Å². The molecule has 0 radical (unpaired) electrons. The van der Waals surface area contributed by atoms with Gasteiger partial charge in [0.15, 0.2) is 0 Å². The molecule has 0 aliphatic heterocycles. The van der Waals surface area contributed by atoms with Gasteiger partial charge in [-0.3, -0.25) is 4.79 Å². The molecule has 134 valence electrons. The second kappa shape index (κ2) is 7.03. The smallest absolute Gasteiger partial charge is 0.270 e. The standard InChI is InChI=1S/C22H20N4O/c1-15-19(16(2)26(25-15)18-9-4-3-5-10-18)14-23-22(27)21-13-12-17-8-6-7-11-20(17)24-21/h3-13H,14H2,1-2H3,(H,23,27). The lowest BCUT2D eigenvalue weighted by Crippen LogP contribution is -2.24. The number of nitrogens with zero attached hydrogens (tertiary/aromatic N) is 3. The molecule has 2 heterocycles. The highest BCUT2D eigenvalue weighted by Gasteiger charge is 2.15. The molecule has 0 unspecified atom stereocenters. The maximum atomic E-state index is 12.6. The lowest BCUT2D eigenvalue weighted by molar-refractivity contribution is 0.0946. The van der Waals surface area contributed by atoms with E-state index in [1.807, 2.05) is 79.2 Å². The molecule has 2 aromatic carbocycles. The van der Waals surface area contributed by atoms with Gasteiger partial charge >= 0.3 is 0 Å². The van der Waals surface area contributed by atoms with Gasteiger partial charge in [0.2, 0.25) is 0 Å². The summed E-state index contributed by atoms with van der Waals surface area (Å²) < 4.78 is 1.91. The number of aromatic nitrogens is 3. The highest BCUT2D eigenvalue weighted by atomic mass is 16.1. The van der Waals surface area contributed by atoms with Crippen LogP contribution in [0.4, 0.5) is 0 Å². The molecule has 1 N–H and O–H groups in total. The number of nitrogens with one attached hydrogen (secondary N) is 1. The van der Waals surface area contributed by atoms with E-state index < -0.39 is 0 Å². The molecule has 0 aliphatic carbocycles. The largest absolute Gasteiger partial charge is 0.346 e. The Morgan fingerprint density at radius 2 is 1.70 bits per heavy atom. The van der Waals surface area contributed by atoms with Crippen LogP contribution in [0.5, 0.6) is 0 Å². The van der Waals surface area contributed by atoms with E-state index in [4.69, 9.17) is 0 Å². The van der Waals surface area contributed by atoms with Crippen LogP contribution in [0, 0.1) is 13.8 Å². The van der Waals surface area contributed by atoms with Crippen LogP contribution in [-0.2, 0) is 6.54 Å². The van der Waals surface area contributed by atoms with Crippen LogP contribution in [0.25, 0.3) is 16.6 Å². The molecule has 0 saturated carbocycles. The van der Waals surface area contributed by atoms with Crippen molar-refractivity contribution in [3.05, 3.63) is 89.4 Å². The van der Waals surface area contributed by atoms with Crippen LogP contribution in [0.2, 0.25) is 0 Å². The molecular formula is C22H20N4O. The fraction of sp³-hybridized carbons (Fsp3) is 0.136. The molecular weight excluding hydrogens is 336 g/mol. The van der Waals surface area contributed by atoms with Gasteiger partial charge in [-0.1, -0.05) is 42.5 Å². The summed E-state index contributed by atoms with van der Waals surface area (Å²) in [6, 6.07) is 21.4. The number of carbonyl (C=O) groups is 1. The SMILES string of the molecule is Cc1nn(-c2ccccc2)c(C)c1CNC(=O)c1ccc2ccccc2n1. The van der Waals surface area contributed by atoms with Gasteiger partial charge in [0, 0.05) is 23.2 Å². The summed E-state index contributed by atoms with van der Waals surface area (Å²) in [6.07, 6.45) is 0. The lowest BCUT2D eigenvalue weighted by Gasteiger charge is -2.07. The van der Waals surface area contributed by atoms with E-state index in [2.05, 4.69) is 15.4 Å². The fourth-order valence-electron chi connectivity index (χ4n) is 3.20. The fourth-order valence-corrected chi connectivity index (χ4v) is 3.20. The first-order chi connectivity index (χ1) is 13.1. The third-order valence-corrected chi connectivity index (χ3v) is 4.70. The number of fused-ring (bicyclic) bond motifs is 1. The van der Waals surface area contributed by atoms with Gasteiger partial charge in [-0.15, -0.1) is 0 Å². The van der Waals surface area contributed by atoms with Gasteiger partial charge < -0.3 is 5.32 Å². The molecule has 0 fully saturated rings. The predicted molar refractivity (Wildman–Crippen MR) is 106 cm³/mol. The van der Waals surface area contributed by atoms with Crippen LogP contribution in [0.15, 0.2) is 66.7 Å². The van der Waals surface area contributed by atoms with Gasteiger partial charge in [0.25, 0.3) is 5.91 Å². The highest BCUT2D eigenvalue weighted by Crippen LogP contribution is 2.18. The number of aryl methyl sites for hydroxylation is 1. The van der Waals surface area contributed by atoms with Crippen molar-refractivity contribution in [1.82, 2.24) is 20.1 Å². The Bertz CT molecular complexity index is 1120. The van der Waals surface area contributed by atoms with Crippen molar-refractivity contribution in [2.24, 2.45) is 0 Å². The molecule has 0 bridgehead atoms. The number of benzene rings is 2. The summed E-state index contributed by atoms with van der Waals surface area (Å²) in [6.45, 7) is 4.39. The van der Waals surface area contributed by atoms with Crippen LogP contribution in [-0.4, -0.2) is 20.7 Å². The van der Waals surface area contributed by atoms with Crippen LogP contribution in [0.3, 0.4) is 0 Å². The lowest BCUT2D eigenvalue weighted by atomic mass is 10.2. The number of hydrogen-bond donors (Lipinski definition) is 1. The van der Waals surface area contributed by atoms with Gasteiger partial charge in [0.1, 0.15) is 5.69 Å². The van der Waals surface area contributed by atoms with Crippen molar-refractivity contribution in [2.75, 3.05) is 0 Å². The maximum absolute atomic E-state index is 12.6. The van der Waals surface area contributed by atoms with E-state index in [0.29, 0.717) is 12.2 Å². The maximum Gasteiger partial charge on any atom is 0.270 e. The number of amides is 1. The first kappa shape index (κ1) is 17.0. The van der Waals surface area contributed by atoms with Gasteiger partial charge in [-0.05, 0) is 38.1 Å². The first-order valence-electron chi connectivity index (χ1n) is 8.88. The molecule has 4 rings (SSSR count). The average Bonchev–Trinajstić information content (AvgIpc) is 3.00. The summed E-state index contributed by atoms with van der Waals surface area (Å²) in [5, 5.41) is 8.61. The van der Waals surface area contributed by atoms with E-state index >= 15 is 0 Å². The van der Waals surface area contributed by atoms with Crippen molar-refractivity contribution in [3.8, 4) is 5.69 Å². The molecule has 0 atom stereocenters. The van der Waals surface area contributed by atoms with Gasteiger partial charge in [-0.2, -0.15) is 5.10 Å². The molecule has 27 heavy (non-hydrogen) atoms. The Balaban J connectivity index is 1.54. The van der Waals surface area contributed by atoms with E-state index in [1.165, 1.54) is 0 Å². The molecule has 1 amide bonds. The number of para-hydroxylation sites is 2. The minimum absolute atomic E-state index is 0.188. The van der Waals surface area contributed by atoms with Gasteiger partial charge in [0.05, 0.1) is 16.9 Å². The van der Waals surface area contributed by atoms with Crippen molar-refractivity contribution in [2.45, 2.75) is 20.4 Å². The number of pyridine rings is 1. The topological polar surface area (TPSA) is 59.8 Å². The third kappa shape index (κ3) is 3.31. The average molecular weight is 356 g/mol. The predicted octanol–water partition coefficient (Wildman–Crippen LogP) is 3.97. The van der Waals surface area contributed by atoms with Crippen molar-refractivity contribution in [3.63, 3.8) is 0 Å². The zero-order valence-electron chi connectivity index (χ0n) is 15.3. The molecule has 2 aromatic heterocycles. The van der Waals surface area contributed by atoms with E-state index in [9.17, 15) is 4.79 Å². The Hall–Kier alpha value is -3.47. The summed E-state index contributed by atoms with van der Waals surface area (Å²) in [7, 11) is 0. The molecule has 0 saturated heterocycles. The molecule has 5 heteroatoms. The van der Waals surface area contributed by atoms with E-state index in [-0.39, 0.29) is 5.91 Å². The van der Waals surface area contributed by atoms with Gasteiger partial charge in [-0.25, -0.2) is 9.67 Å².